The van der Waals surface area contributed by atoms with Gasteiger partial charge in [-0.25, -0.2) is 0 Å². The van der Waals surface area contributed by atoms with Gasteiger partial charge in [0, 0.05) is 19.6 Å². The van der Waals surface area contributed by atoms with Gasteiger partial charge in [0.15, 0.2) is 0 Å². The molecule has 0 aliphatic carbocycles. The number of morpholine rings is 1. The molecule has 0 bridgehead atoms. The van der Waals surface area contributed by atoms with Crippen LogP contribution in [0.25, 0.3) is 0 Å². The number of carbonyl (C=O) groups is 1. The Kier molecular flexibility index (Phi) is 4.03. The third kappa shape index (κ3) is 2.64. The van der Waals surface area contributed by atoms with E-state index in [0.717, 1.165) is 6.20 Å². The van der Waals surface area contributed by atoms with E-state index in [9.17, 15) is 14.9 Å². The van der Waals surface area contributed by atoms with Crippen LogP contribution in [0.2, 0.25) is 0 Å². The van der Waals surface area contributed by atoms with Crippen molar-refractivity contribution in [2.75, 3.05) is 13.1 Å². The predicted octanol–water partition coefficient (Wildman–Crippen LogP) is 1.06. The number of ether oxygens (including phenoxy) is 1. The molecule has 2 heterocycles. The normalized spacial score (nSPS) is 22.9. The van der Waals surface area contributed by atoms with Gasteiger partial charge in [-0.2, -0.15) is 5.10 Å². The summed E-state index contributed by atoms with van der Waals surface area (Å²) in [6.07, 6.45) is 0.962. The molecule has 110 valence electrons. The molecule has 0 spiro atoms. The highest BCUT2D eigenvalue weighted by molar-refractivity contribution is 5.96. The van der Waals surface area contributed by atoms with E-state index in [0.29, 0.717) is 19.6 Å². The summed E-state index contributed by atoms with van der Waals surface area (Å²) in [5.74, 6) is -0.363. The number of nitrogens with zero attached hydrogens (tertiary/aromatic N) is 4. The number of rotatable bonds is 3. The monoisotopic (exact) mass is 282 g/mol. The first kappa shape index (κ1) is 14.4. The summed E-state index contributed by atoms with van der Waals surface area (Å²) in [6.45, 7) is 6.80. The molecule has 1 aliphatic heterocycles. The maximum absolute atomic E-state index is 12.6. The molecule has 20 heavy (non-hydrogen) atoms. The van der Waals surface area contributed by atoms with Gasteiger partial charge in [-0.15, -0.1) is 0 Å². The maximum atomic E-state index is 12.6. The second-order valence-corrected chi connectivity index (χ2v) is 4.92. The van der Waals surface area contributed by atoms with Crippen molar-refractivity contribution < 1.29 is 14.5 Å². The molecule has 1 amide bonds. The van der Waals surface area contributed by atoms with E-state index in [-0.39, 0.29) is 29.5 Å². The van der Waals surface area contributed by atoms with Crippen LogP contribution >= 0.6 is 0 Å². The van der Waals surface area contributed by atoms with Crippen LogP contribution in [-0.2, 0) is 11.3 Å². The molecule has 0 radical (unpaired) electrons. The van der Waals surface area contributed by atoms with Crippen molar-refractivity contribution >= 4 is 11.6 Å². The second kappa shape index (κ2) is 5.58. The van der Waals surface area contributed by atoms with Crippen molar-refractivity contribution in [1.82, 2.24) is 14.7 Å². The number of hydrogen-bond donors (Lipinski definition) is 0. The summed E-state index contributed by atoms with van der Waals surface area (Å²) in [5.41, 5.74) is -0.206. The van der Waals surface area contributed by atoms with Crippen LogP contribution in [0.1, 0.15) is 31.3 Å². The van der Waals surface area contributed by atoms with E-state index in [4.69, 9.17) is 4.74 Å². The highest BCUT2D eigenvalue weighted by atomic mass is 16.6. The van der Waals surface area contributed by atoms with Gasteiger partial charge >= 0.3 is 5.69 Å². The van der Waals surface area contributed by atoms with Gasteiger partial charge in [-0.3, -0.25) is 19.6 Å². The van der Waals surface area contributed by atoms with Crippen LogP contribution in [0.4, 0.5) is 5.69 Å². The number of aromatic nitrogens is 2. The highest BCUT2D eigenvalue weighted by Gasteiger charge is 2.33. The minimum absolute atomic E-state index is 0.0406. The Morgan fingerprint density at radius 3 is 2.60 bits per heavy atom. The van der Waals surface area contributed by atoms with Crippen molar-refractivity contribution in [3.8, 4) is 0 Å². The molecule has 0 unspecified atom stereocenters. The molecule has 1 aromatic rings. The maximum Gasteiger partial charge on any atom is 0.320 e. The van der Waals surface area contributed by atoms with E-state index in [1.165, 1.54) is 4.68 Å². The second-order valence-electron chi connectivity index (χ2n) is 4.92. The van der Waals surface area contributed by atoms with Crippen molar-refractivity contribution in [3.05, 3.63) is 22.0 Å². The minimum Gasteiger partial charge on any atom is -0.372 e. The molecule has 0 saturated carbocycles. The summed E-state index contributed by atoms with van der Waals surface area (Å²) >= 11 is 0. The first-order valence-electron chi connectivity index (χ1n) is 6.59. The minimum atomic E-state index is -0.570. The Bertz CT molecular complexity index is 518. The Morgan fingerprint density at radius 1 is 1.50 bits per heavy atom. The van der Waals surface area contributed by atoms with Crippen molar-refractivity contribution in [2.24, 2.45) is 0 Å². The fourth-order valence-corrected chi connectivity index (χ4v) is 2.46. The van der Waals surface area contributed by atoms with Gasteiger partial charge < -0.3 is 9.64 Å². The zero-order chi connectivity index (χ0) is 14.9. The SMILES string of the molecule is CCn1ncc([N+](=O)[O-])c1C(=O)N1C[C@@H](C)O[C@@H](C)C1. The van der Waals surface area contributed by atoms with Gasteiger partial charge in [0.05, 0.1) is 17.1 Å². The molecule has 1 aromatic heterocycles. The third-order valence-electron chi connectivity index (χ3n) is 3.23. The van der Waals surface area contributed by atoms with Crippen molar-refractivity contribution in [2.45, 2.75) is 39.5 Å². The summed E-state index contributed by atoms with van der Waals surface area (Å²) in [5, 5.41) is 14.9. The number of hydrogen-bond acceptors (Lipinski definition) is 5. The van der Waals surface area contributed by atoms with Gasteiger partial charge in [0.25, 0.3) is 5.91 Å². The lowest BCUT2D eigenvalue weighted by Crippen LogP contribution is -2.48. The topological polar surface area (TPSA) is 90.5 Å². The van der Waals surface area contributed by atoms with E-state index in [1.807, 2.05) is 13.8 Å². The van der Waals surface area contributed by atoms with Gasteiger partial charge in [-0.05, 0) is 20.8 Å². The summed E-state index contributed by atoms with van der Waals surface area (Å²) < 4.78 is 6.93. The number of carbonyl (C=O) groups excluding carboxylic acids is 1. The summed E-state index contributed by atoms with van der Waals surface area (Å²) in [6, 6.07) is 0. The standard InChI is InChI=1S/C12H18N4O4/c1-4-15-11(10(5-13-15)16(18)19)12(17)14-6-8(2)20-9(3)7-14/h5,8-9H,4,6-7H2,1-3H3/t8-,9+. The molecule has 8 heteroatoms. The quantitative estimate of drug-likeness (QED) is 0.610. The molecular weight excluding hydrogens is 264 g/mol. The number of amides is 1. The lowest BCUT2D eigenvalue weighted by Gasteiger charge is -2.35. The third-order valence-corrected chi connectivity index (χ3v) is 3.23. The largest absolute Gasteiger partial charge is 0.372 e. The first-order valence-corrected chi connectivity index (χ1v) is 6.59. The Labute approximate surface area is 116 Å². The van der Waals surface area contributed by atoms with Crippen LogP contribution < -0.4 is 0 Å². The van der Waals surface area contributed by atoms with E-state index >= 15 is 0 Å². The lowest BCUT2D eigenvalue weighted by atomic mass is 10.2. The van der Waals surface area contributed by atoms with Gasteiger partial charge in [0.2, 0.25) is 5.69 Å². The zero-order valence-corrected chi connectivity index (χ0v) is 11.8. The molecule has 2 rings (SSSR count). The summed E-state index contributed by atoms with van der Waals surface area (Å²) in [4.78, 5) is 24.6. The molecule has 1 aliphatic rings. The van der Waals surface area contributed by atoms with E-state index in [1.54, 1.807) is 11.8 Å². The zero-order valence-electron chi connectivity index (χ0n) is 11.8. The van der Waals surface area contributed by atoms with Crippen LogP contribution in [-0.4, -0.2) is 50.8 Å². The number of nitro groups is 1. The van der Waals surface area contributed by atoms with Crippen LogP contribution in [0.15, 0.2) is 6.20 Å². The molecule has 1 saturated heterocycles. The lowest BCUT2D eigenvalue weighted by molar-refractivity contribution is -0.385. The van der Waals surface area contributed by atoms with Gasteiger partial charge in [-0.1, -0.05) is 0 Å². The molecule has 0 aromatic carbocycles. The molecule has 8 nitrogen and oxygen atoms in total. The Balaban J connectivity index is 2.32. The highest BCUT2D eigenvalue weighted by Crippen LogP contribution is 2.22. The predicted molar refractivity (Wildman–Crippen MR) is 70.5 cm³/mol. The molecule has 1 fully saturated rings. The average molecular weight is 282 g/mol. The average Bonchev–Trinajstić information content (AvgIpc) is 2.80. The van der Waals surface area contributed by atoms with Crippen LogP contribution in [0.3, 0.4) is 0 Å². The van der Waals surface area contributed by atoms with Crippen LogP contribution in [0, 0.1) is 10.1 Å². The van der Waals surface area contributed by atoms with Crippen LogP contribution in [0.5, 0.6) is 0 Å². The fraction of sp³-hybridized carbons (Fsp3) is 0.667. The molecular formula is C12H18N4O4. The van der Waals surface area contributed by atoms with Crippen molar-refractivity contribution in [3.63, 3.8) is 0 Å². The van der Waals surface area contributed by atoms with E-state index in [2.05, 4.69) is 5.10 Å². The summed E-state index contributed by atoms with van der Waals surface area (Å²) in [7, 11) is 0. The van der Waals surface area contributed by atoms with Crippen molar-refractivity contribution in [1.29, 1.82) is 0 Å². The fourth-order valence-electron chi connectivity index (χ4n) is 2.46. The molecule has 0 N–H and O–H groups in total. The Morgan fingerprint density at radius 2 is 2.10 bits per heavy atom. The number of aryl methyl sites for hydroxylation is 1. The molecule has 2 atom stereocenters. The van der Waals surface area contributed by atoms with Gasteiger partial charge in [0.1, 0.15) is 6.20 Å². The van der Waals surface area contributed by atoms with E-state index < -0.39 is 4.92 Å². The Hall–Kier alpha value is -1.96. The first-order chi connectivity index (χ1) is 9.43. The smallest absolute Gasteiger partial charge is 0.320 e.